The first-order valence-electron chi connectivity index (χ1n) is 7.33. The summed E-state index contributed by atoms with van der Waals surface area (Å²) in [4.78, 5) is 23.4. The molecule has 0 bridgehead atoms. The van der Waals surface area contributed by atoms with Crippen molar-refractivity contribution in [3.8, 4) is 0 Å². The summed E-state index contributed by atoms with van der Waals surface area (Å²) in [7, 11) is 0. The largest absolute Gasteiger partial charge is 0.344 e. The summed E-state index contributed by atoms with van der Waals surface area (Å²) < 4.78 is 1.87. The molecule has 0 aromatic carbocycles. The SMILES string of the molecule is CCC[C@H](NC(=O)[C@@H]1CNC(=O)N1)c1nnc2ccccn12. The van der Waals surface area contributed by atoms with E-state index in [0.29, 0.717) is 12.4 Å². The van der Waals surface area contributed by atoms with Gasteiger partial charge in [0.1, 0.15) is 6.04 Å². The van der Waals surface area contributed by atoms with Gasteiger partial charge in [-0.05, 0) is 18.6 Å². The zero-order valence-electron chi connectivity index (χ0n) is 12.2. The number of aromatic nitrogens is 3. The van der Waals surface area contributed by atoms with Gasteiger partial charge in [0, 0.05) is 12.7 Å². The molecule has 8 heteroatoms. The molecule has 3 rings (SSSR count). The van der Waals surface area contributed by atoms with Crippen LogP contribution in [-0.2, 0) is 4.79 Å². The lowest BCUT2D eigenvalue weighted by Crippen LogP contribution is -2.44. The highest BCUT2D eigenvalue weighted by molar-refractivity contribution is 5.90. The molecule has 0 aliphatic carbocycles. The minimum absolute atomic E-state index is 0.218. The van der Waals surface area contributed by atoms with Crippen LogP contribution in [0.3, 0.4) is 0 Å². The van der Waals surface area contributed by atoms with Crippen LogP contribution in [0, 0.1) is 0 Å². The summed E-state index contributed by atoms with van der Waals surface area (Å²) in [6, 6.07) is 4.54. The summed E-state index contributed by atoms with van der Waals surface area (Å²) in [5.41, 5.74) is 0.740. The number of urea groups is 1. The second kappa shape index (κ2) is 6.00. The number of hydrogen-bond donors (Lipinski definition) is 3. The number of hydrogen-bond acceptors (Lipinski definition) is 4. The summed E-state index contributed by atoms with van der Waals surface area (Å²) >= 11 is 0. The van der Waals surface area contributed by atoms with Crippen LogP contribution in [-0.4, -0.2) is 39.1 Å². The molecular weight excluding hydrogens is 284 g/mol. The van der Waals surface area contributed by atoms with Crippen LogP contribution in [0.5, 0.6) is 0 Å². The third-order valence-electron chi connectivity index (χ3n) is 3.63. The molecule has 3 heterocycles. The molecule has 1 fully saturated rings. The van der Waals surface area contributed by atoms with Crippen molar-refractivity contribution in [2.24, 2.45) is 0 Å². The Kier molecular flexibility index (Phi) is 3.90. The monoisotopic (exact) mass is 302 g/mol. The quantitative estimate of drug-likeness (QED) is 0.742. The van der Waals surface area contributed by atoms with E-state index in [9.17, 15) is 9.59 Å². The van der Waals surface area contributed by atoms with Crippen LogP contribution in [0.15, 0.2) is 24.4 Å². The number of carbonyl (C=O) groups excluding carboxylic acids is 2. The molecule has 8 nitrogen and oxygen atoms in total. The van der Waals surface area contributed by atoms with E-state index in [1.54, 1.807) is 0 Å². The molecule has 22 heavy (non-hydrogen) atoms. The van der Waals surface area contributed by atoms with E-state index in [1.807, 2.05) is 35.7 Å². The maximum atomic E-state index is 12.3. The van der Waals surface area contributed by atoms with Gasteiger partial charge in [-0.1, -0.05) is 19.4 Å². The first-order valence-corrected chi connectivity index (χ1v) is 7.33. The van der Waals surface area contributed by atoms with Crippen molar-refractivity contribution >= 4 is 17.6 Å². The van der Waals surface area contributed by atoms with Crippen molar-refractivity contribution in [1.82, 2.24) is 30.5 Å². The Bertz CT molecular complexity index is 697. The van der Waals surface area contributed by atoms with Crippen LogP contribution in [0.25, 0.3) is 5.65 Å². The third-order valence-corrected chi connectivity index (χ3v) is 3.63. The second-order valence-electron chi connectivity index (χ2n) is 5.24. The normalized spacial score (nSPS) is 18.8. The lowest BCUT2D eigenvalue weighted by molar-refractivity contribution is -0.123. The Morgan fingerprint density at radius 2 is 2.36 bits per heavy atom. The van der Waals surface area contributed by atoms with Crippen LogP contribution in [0.2, 0.25) is 0 Å². The summed E-state index contributed by atoms with van der Waals surface area (Å²) in [6.07, 6.45) is 3.51. The highest BCUT2D eigenvalue weighted by atomic mass is 16.2. The maximum Gasteiger partial charge on any atom is 0.315 e. The maximum absolute atomic E-state index is 12.3. The molecule has 2 atom stereocenters. The molecule has 0 saturated carbocycles. The van der Waals surface area contributed by atoms with Crippen molar-refractivity contribution in [1.29, 1.82) is 0 Å². The van der Waals surface area contributed by atoms with Gasteiger partial charge in [0.15, 0.2) is 11.5 Å². The number of nitrogens with zero attached hydrogens (tertiary/aromatic N) is 3. The van der Waals surface area contributed by atoms with Crippen molar-refractivity contribution < 1.29 is 9.59 Å². The topological polar surface area (TPSA) is 100 Å². The molecule has 2 aromatic rings. The molecule has 3 N–H and O–H groups in total. The predicted molar refractivity (Wildman–Crippen MR) is 79.1 cm³/mol. The highest BCUT2D eigenvalue weighted by Crippen LogP contribution is 2.18. The van der Waals surface area contributed by atoms with Crippen molar-refractivity contribution in [2.75, 3.05) is 6.54 Å². The van der Waals surface area contributed by atoms with E-state index in [4.69, 9.17) is 0 Å². The number of fused-ring (bicyclic) bond motifs is 1. The highest BCUT2D eigenvalue weighted by Gasteiger charge is 2.29. The minimum Gasteiger partial charge on any atom is -0.344 e. The Balaban J connectivity index is 1.80. The molecule has 1 saturated heterocycles. The van der Waals surface area contributed by atoms with Gasteiger partial charge in [0.2, 0.25) is 5.91 Å². The summed E-state index contributed by atoms with van der Waals surface area (Å²) in [6.45, 7) is 2.34. The molecule has 0 spiro atoms. The van der Waals surface area contributed by atoms with Crippen LogP contribution < -0.4 is 16.0 Å². The fraction of sp³-hybridized carbons (Fsp3) is 0.429. The fourth-order valence-corrected chi connectivity index (χ4v) is 2.54. The molecule has 3 amide bonds. The first-order chi connectivity index (χ1) is 10.7. The number of nitrogens with one attached hydrogen (secondary N) is 3. The second-order valence-corrected chi connectivity index (χ2v) is 5.24. The molecule has 0 radical (unpaired) electrons. The first kappa shape index (κ1) is 14.3. The Morgan fingerprint density at radius 3 is 3.09 bits per heavy atom. The Labute approximate surface area is 127 Å². The van der Waals surface area contributed by atoms with E-state index in [-0.39, 0.29) is 18.0 Å². The van der Waals surface area contributed by atoms with Crippen LogP contribution >= 0.6 is 0 Å². The number of carbonyl (C=O) groups is 2. The van der Waals surface area contributed by atoms with Crippen molar-refractivity contribution in [3.63, 3.8) is 0 Å². The Morgan fingerprint density at radius 1 is 1.50 bits per heavy atom. The zero-order valence-corrected chi connectivity index (χ0v) is 12.2. The van der Waals surface area contributed by atoms with Gasteiger partial charge in [-0.15, -0.1) is 10.2 Å². The predicted octanol–water partition coefficient (Wildman–Crippen LogP) is 0.368. The van der Waals surface area contributed by atoms with Crippen molar-refractivity contribution in [3.05, 3.63) is 30.2 Å². The molecule has 2 aromatic heterocycles. The fourth-order valence-electron chi connectivity index (χ4n) is 2.54. The average molecular weight is 302 g/mol. The van der Waals surface area contributed by atoms with Crippen LogP contribution in [0.1, 0.15) is 31.6 Å². The van der Waals surface area contributed by atoms with Gasteiger partial charge in [0.05, 0.1) is 6.04 Å². The average Bonchev–Trinajstić information content (AvgIpc) is 3.13. The van der Waals surface area contributed by atoms with Gasteiger partial charge >= 0.3 is 6.03 Å². The van der Waals surface area contributed by atoms with E-state index in [1.165, 1.54) is 0 Å². The van der Waals surface area contributed by atoms with E-state index in [0.717, 1.165) is 18.5 Å². The zero-order chi connectivity index (χ0) is 15.5. The number of pyridine rings is 1. The van der Waals surface area contributed by atoms with Gasteiger partial charge in [-0.25, -0.2) is 4.79 Å². The van der Waals surface area contributed by atoms with Gasteiger partial charge in [0.25, 0.3) is 0 Å². The lowest BCUT2D eigenvalue weighted by Gasteiger charge is -2.18. The smallest absolute Gasteiger partial charge is 0.315 e. The van der Waals surface area contributed by atoms with Gasteiger partial charge in [-0.3, -0.25) is 9.20 Å². The van der Waals surface area contributed by atoms with E-state index < -0.39 is 6.04 Å². The number of amides is 3. The molecule has 0 unspecified atom stereocenters. The van der Waals surface area contributed by atoms with Crippen molar-refractivity contribution in [2.45, 2.75) is 31.8 Å². The third kappa shape index (κ3) is 2.72. The standard InChI is InChI=1S/C14H18N6O2/c1-2-5-9(16-13(21)10-8-15-14(22)17-10)12-19-18-11-6-3-4-7-20(11)12/h3-4,6-7,9-10H,2,5,8H2,1H3,(H,16,21)(H2,15,17,22)/t9-,10-/m0/s1. The van der Waals surface area contributed by atoms with E-state index >= 15 is 0 Å². The van der Waals surface area contributed by atoms with Crippen LogP contribution in [0.4, 0.5) is 4.79 Å². The molecule has 116 valence electrons. The molecule has 1 aliphatic rings. The Hall–Kier alpha value is -2.64. The van der Waals surface area contributed by atoms with Gasteiger partial charge in [-0.2, -0.15) is 0 Å². The minimum atomic E-state index is -0.550. The molecular formula is C14H18N6O2. The molecule has 1 aliphatic heterocycles. The van der Waals surface area contributed by atoms with Gasteiger partial charge < -0.3 is 16.0 Å². The van der Waals surface area contributed by atoms with E-state index in [2.05, 4.69) is 26.1 Å². The number of rotatable bonds is 5. The summed E-state index contributed by atoms with van der Waals surface area (Å²) in [5, 5.41) is 16.4. The summed E-state index contributed by atoms with van der Waals surface area (Å²) in [5.74, 6) is 0.479. The lowest BCUT2D eigenvalue weighted by atomic mass is 10.1.